The van der Waals surface area contributed by atoms with Crippen LogP contribution in [0.4, 0.5) is 0 Å². The van der Waals surface area contributed by atoms with Gasteiger partial charge in [-0.3, -0.25) is 0 Å². The molecule has 1 atom stereocenters. The lowest BCUT2D eigenvalue weighted by Crippen LogP contribution is -1.97. The number of hydrogen-bond donors (Lipinski definition) is 1. The van der Waals surface area contributed by atoms with Crippen LogP contribution < -0.4 is 4.52 Å². The van der Waals surface area contributed by atoms with Crippen molar-refractivity contribution in [2.24, 2.45) is 0 Å². The maximum absolute atomic E-state index is 11.2. The van der Waals surface area contributed by atoms with Gasteiger partial charge in [0, 0.05) is 5.88 Å². The fourth-order valence-electron chi connectivity index (χ4n) is 0.799. The molecule has 14 heavy (non-hydrogen) atoms. The van der Waals surface area contributed by atoms with E-state index in [1.165, 1.54) is 0 Å². The lowest BCUT2D eigenvalue weighted by molar-refractivity contribution is 0.381. The largest absolute Gasteiger partial charge is 0.424 e. The molecule has 1 N–H and O–H groups in total. The highest BCUT2D eigenvalue weighted by Crippen LogP contribution is 2.42. The van der Waals surface area contributed by atoms with E-state index in [1.807, 2.05) is 0 Å². The minimum absolute atomic E-state index is 0. The monoisotopic (exact) mass is 256 g/mol. The Balaban J connectivity index is 0.00000169. The van der Waals surface area contributed by atoms with Gasteiger partial charge >= 0.3 is 7.60 Å². The second-order valence-corrected chi connectivity index (χ2v) is 4.74. The van der Waals surface area contributed by atoms with E-state index in [9.17, 15) is 9.46 Å². The first-order valence-corrected chi connectivity index (χ1v) is 6.06. The third-order valence-electron chi connectivity index (χ3n) is 1.36. The van der Waals surface area contributed by atoms with E-state index in [4.69, 9.17) is 16.1 Å². The first-order valence-electron chi connectivity index (χ1n) is 3.76. The fourth-order valence-corrected chi connectivity index (χ4v) is 2.20. The number of alkyl halides is 1. The smallest absolute Gasteiger partial charge is 0.377 e. The van der Waals surface area contributed by atoms with Crippen molar-refractivity contribution < 1.29 is 14.0 Å². The van der Waals surface area contributed by atoms with Gasteiger partial charge in [-0.05, 0) is 12.1 Å². The van der Waals surface area contributed by atoms with Crippen molar-refractivity contribution in [3.8, 4) is 5.75 Å². The highest BCUT2D eigenvalue weighted by molar-refractivity contribution is 7.53. The van der Waals surface area contributed by atoms with Gasteiger partial charge in [-0.25, -0.2) is 4.57 Å². The van der Waals surface area contributed by atoms with E-state index in [0.29, 0.717) is 5.75 Å². The molecular formula is C8H11Cl2O3P. The molecule has 6 heteroatoms. The summed E-state index contributed by atoms with van der Waals surface area (Å²) in [5.41, 5.74) is 0. The average molecular weight is 257 g/mol. The highest BCUT2D eigenvalue weighted by Gasteiger charge is 2.19. The highest BCUT2D eigenvalue weighted by atomic mass is 35.5. The van der Waals surface area contributed by atoms with Crippen molar-refractivity contribution >= 4 is 31.6 Å². The summed E-state index contributed by atoms with van der Waals surface area (Å²) in [4.78, 5) is 9.22. The average Bonchev–Trinajstić information content (AvgIpc) is 2.04. The topological polar surface area (TPSA) is 46.5 Å². The van der Waals surface area contributed by atoms with E-state index in [-0.39, 0.29) is 24.4 Å². The Hall–Kier alpha value is -0.210. The van der Waals surface area contributed by atoms with Crippen LogP contribution in [-0.4, -0.2) is 16.9 Å². The lowest BCUT2D eigenvalue weighted by atomic mass is 10.3. The molecule has 0 fully saturated rings. The van der Waals surface area contributed by atoms with Gasteiger partial charge in [-0.1, -0.05) is 18.2 Å². The summed E-state index contributed by atoms with van der Waals surface area (Å²) < 4.78 is 16.1. The summed E-state index contributed by atoms with van der Waals surface area (Å²) >= 11 is 5.34. The Kier molecular flexibility index (Phi) is 6.21. The summed E-state index contributed by atoms with van der Waals surface area (Å²) in [5.74, 6) is 0.499. The molecular weight excluding hydrogens is 246 g/mol. The van der Waals surface area contributed by atoms with Gasteiger partial charge in [0.15, 0.2) is 0 Å². The minimum atomic E-state index is -3.55. The van der Waals surface area contributed by atoms with Crippen LogP contribution in [0.5, 0.6) is 5.75 Å². The van der Waals surface area contributed by atoms with Crippen molar-refractivity contribution in [2.45, 2.75) is 0 Å². The Morgan fingerprint density at radius 1 is 1.36 bits per heavy atom. The lowest BCUT2D eigenvalue weighted by Gasteiger charge is -2.11. The van der Waals surface area contributed by atoms with E-state index >= 15 is 0 Å². The van der Waals surface area contributed by atoms with Crippen LogP contribution in [0.1, 0.15) is 0 Å². The van der Waals surface area contributed by atoms with E-state index in [0.717, 1.165) is 0 Å². The molecule has 80 valence electrons. The summed E-state index contributed by atoms with van der Waals surface area (Å²) in [7, 11) is -3.55. The van der Waals surface area contributed by atoms with E-state index in [1.54, 1.807) is 30.3 Å². The Labute approximate surface area is 94.0 Å². The fraction of sp³-hybridized carbons (Fsp3) is 0.250. The van der Waals surface area contributed by atoms with Crippen LogP contribution in [-0.2, 0) is 4.57 Å². The van der Waals surface area contributed by atoms with Crippen molar-refractivity contribution in [3.05, 3.63) is 30.3 Å². The number of rotatable bonds is 4. The van der Waals surface area contributed by atoms with Crippen LogP contribution in [0.15, 0.2) is 30.3 Å². The molecule has 0 radical (unpaired) electrons. The first-order chi connectivity index (χ1) is 6.14. The number of benzene rings is 1. The molecule has 0 heterocycles. The quantitative estimate of drug-likeness (QED) is 0.666. The maximum Gasteiger partial charge on any atom is 0.377 e. The first kappa shape index (κ1) is 13.8. The third kappa shape index (κ3) is 4.87. The van der Waals surface area contributed by atoms with Crippen molar-refractivity contribution in [3.63, 3.8) is 0 Å². The maximum atomic E-state index is 11.2. The molecule has 0 aliphatic rings. The summed E-state index contributed by atoms with van der Waals surface area (Å²) in [6, 6.07) is 8.51. The molecule has 1 aromatic carbocycles. The minimum Gasteiger partial charge on any atom is -0.424 e. The van der Waals surface area contributed by atoms with Gasteiger partial charge in [-0.15, -0.1) is 24.0 Å². The van der Waals surface area contributed by atoms with Crippen LogP contribution in [0.25, 0.3) is 0 Å². The molecule has 1 unspecified atom stereocenters. The van der Waals surface area contributed by atoms with E-state index < -0.39 is 7.60 Å². The molecule has 0 aliphatic carbocycles. The molecule has 1 aromatic rings. The molecule has 1 rings (SSSR count). The van der Waals surface area contributed by atoms with Crippen molar-refractivity contribution in [1.29, 1.82) is 0 Å². The molecule has 0 aromatic heterocycles. The van der Waals surface area contributed by atoms with Gasteiger partial charge in [0.25, 0.3) is 0 Å². The zero-order valence-corrected chi connectivity index (χ0v) is 9.76. The molecule has 0 saturated heterocycles. The van der Waals surface area contributed by atoms with Crippen LogP contribution in [0, 0.1) is 0 Å². The van der Waals surface area contributed by atoms with E-state index in [2.05, 4.69) is 0 Å². The Morgan fingerprint density at radius 2 is 1.93 bits per heavy atom. The molecule has 0 saturated carbocycles. The zero-order chi connectivity index (χ0) is 9.73. The molecule has 0 spiro atoms. The zero-order valence-electron chi connectivity index (χ0n) is 7.30. The predicted octanol–water partition coefficient (Wildman–Crippen LogP) is 2.91. The Morgan fingerprint density at radius 3 is 2.43 bits per heavy atom. The summed E-state index contributed by atoms with van der Waals surface area (Å²) in [5, 5.41) is 0. The van der Waals surface area contributed by atoms with Gasteiger partial charge in [-0.2, -0.15) is 0 Å². The van der Waals surface area contributed by atoms with Gasteiger partial charge in [0.2, 0.25) is 0 Å². The summed E-state index contributed by atoms with van der Waals surface area (Å²) in [6.07, 6.45) is -0.0382. The second-order valence-electron chi connectivity index (χ2n) is 2.45. The summed E-state index contributed by atoms with van der Waals surface area (Å²) in [6.45, 7) is 0. The second kappa shape index (κ2) is 6.31. The number of halogens is 2. The SMILES string of the molecule is Cl.O=P(O)(CCCl)Oc1ccccc1. The molecule has 0 bridgehead atoms. The molecule has 0 amide bonds. The predicted molar refractivity (Wildman–Crippen MR) is 59.7 cm³/mol. The number of hydrogen-bond acceptors (Lipinski definition) is 2. The van der Waals surface area contributed by atoms with Crippen molar-refractivity contribution in [1.82, 2.24) is 0 Å². The van der Waals surface area contributed by atoms with Crippen LogP contribution in [0.2, 0.25) is 0 Å². The van der Waals surface area contributed by atoms with Gasteiger partial charge in [0.1, 0.15) is 5.75 Å². The Bertz CT molecular complexity index is 305. The van der Waals surface area contributed by atoms with Crippen LogP contribution >= 0.6 is 31.6 Å². The van der Waals surface area contributed by atoms with Crippen LogP contribution in [0.3, 0.4) is 0 Å². The third-order valence-corrected chi connectivity index (χ3v) is 3.10. The normalized spacial score (nSPS) is 13.9. The standard InChI is InChI=1S/C8H10ClO3P.ClH/c9-6-7-13(10,11)12-8-4-2-1-3-5-8;/h1-5H,6-7H2,(H,10,11);1H. The van der Waals surface area contributed by atoms with Gasteiger partial charge in [0.05, 0.1) is 6.16 Å². The number of para-hydroxylation sites is 1. The molecule has 3 nitrogen and oxygen atoms in total. The van der Waals surface area contributed by atoms with Crippen molar-refractivity contribution in [2.75, 3.05) is 12.0 Å². The molecule has 0 aliphatic heterocycles. The van der Waals surface area contributed by atoms with Gasteiger partial charge < -0.3 is 9.42 Å².